The van der Waals surface area contributed by atoms with E-state index in [0.29, 0.717) is 17.7 Å². The highest BCUT2D eigenvalue weighted by atomic mass is 16.5. The van der Waals surface area contributed by atoms with Gasteiger partial charge in [0.2, 0.25) is 0 Å². The first-order valence-corrected chi connectivity index (χ1v) is 8.04. The van der Waals surface area contributed by atoms with Crippen molar-refractivity contribution in [2.24, 2.45) is 17.8 Å². The number of nitrogens with zero attached hydrogens (tertiary/aromatic N) is 1. The molecule has 122 valence electrons. The second-order valence-corrected chi connectivity index (χ2v) is 7.63. The Morgan fingerprint density at radius 1 is 1.41 bits per heavy atom. The zero-order valence-electron chi connectivity index (χ0n) is 13.4. The van der Waals surface area contributed by atoms with Gasteiger partial charge in [-0.25, -0.2) is 4.79 Å². The van der Waals surface area contributed by atoms with E-state index in [1.54, 1.807) is 6.07 Å². The minimum absolute atomic E-state index is 0.0673. The van der Waals surface area contributed by atoms with Crippen molar-refractivity contribution in [2.75, 3.05) is 11.9 Å². The van der Waals surface area contributed by atoms with Crippen LogP contribution in [0.25, 0.3) is 0 Å². The molecular weight excluding hydrogens is 282 g/mol. The van der Waals surface area contributed by atoms with Crippen LogP contribution in [0.1, 0.15) is 45.8 Å². The molecule has 2 amide bonds. The van der Waals surface area contributed by atoms with E-state index in [-0.39, 0.29) is 30.0 Å². The Morgan fingerprint density at radius 2 is 2.14 bits per heavy atom. The van der Waals surface area contributed by atoms with E-state index in [1.807, 2.05) is 20.8 Å². The number of amides is 2. The first kappa shape index (κ1) is 15.3. The maximum atomic E-state index is 12.2. The molecule has 6 heteroatoms. The maximum absolute atomic E-state index is 12.2. The summed E-state index contributed by atoms with van der Waals surface area (Å²) in [5.41, 5.74) is -0.143. The van der Waals surface area contributed by atoms with Gasteiger partial charge in [-0.3, -0.25) is 5.32 Å². The number of urea groups is 1. The van der Waals surface area contributed by atoms with E-state index < -0.39 is 0 Å². The van der Waals surface area contributed by atoms with Gasteiger partial charge in [0.1, 0.15) is 5.76 Å². The lowest BCUT2D eigenvalue weighted by molar-refractivity contribution is 0.146. The molecule has 2 aliphatic carbocycles. The first-order valence-electron chi connectivity index (χ1n) is 8.04. The molecule has 3 rings (SSSR count). The van der Waals surface area contributed by atoms with Crippen LogP contribution in [0.5, 0.6) is 0 Å². The van der Waals surface area contributed by atoms with Gasteiger partial charge in [-0.1, -0.05) is 25.9 Å². The van der Waals surface area contributed by atoms with Crippen LogP contribution < -0.4 is 10.6 Å². The van der Waals surface area contributed by atoms with Crippen LogP contribution >= 0.6 is 0 Å². The fourth-order valence-corrected chi connectivity index (χ4v) is 3.89. The van der Waals surface area contributed by atoms with E-state index >= 15 is 0 Å². The molecule has 0 aliphatic heterocycles. The van der Waals surface area contributed by atoms with E-state index in [2.05, 4.69) is 15.8 Å². The zero-order chi connectivity index (χ0) is 15.9. The molecule has 4 unspecified atom stereocenters. The van der Waals surface area contributed by atoms with Gasteiger partial charge in [0, 0.05) is 30.0 Å². The predicted octanol–water partition coefficient (Wildman–Crippen LogP) is 2.50. The molecule has 2 fully saturated rings. The normalized spacial score (nSPS) is 30.5. The molecule has 2 aliphatic rings. The number of aromatic nitrogens is 1. The van der Waals surface area contributed by atoms with Gasteiger partial charge >= 0.3 is 6.03 Å². The fraction of sp³-hybridized carbons (Fsp3) is 0.750. The van der Waals surface area contributed by atoms with Crippen LogP contribution in [-0.2, 0) is 5.41 Å². The Morgan fingerprint density at radius 3 is 2.77 bits per heavy atom. The average molecular weight is 307 g/mol. The van der Waals surface area contributed by atoms with Crippen molar-refractivity contribution in [3.8, 4) is 0 Å². The zero-order valence-corrected chi connectivity index (χ0v) is 13.4. The molecule has 4 atom stereocenters. The third-order valence-electron chi connectivity index (χ3n) is 5.09. The summed E-state index contributed by atoms with van der Waals surface area (Å²) in [7, 11) is 0. The van der Waals surface area contributed by atoms with E-state index in [4.69, 9.17) is 4.52 Å². The highest BCUT2D eigenvalue weighted by Crippen LogP contribution is 2.48. The molecule has 22 heavy (non-hydrogen) atoms. The Bertz CT molecular complexity index is 549. The molecule has 0 spiro atoms. The number of nitrogens with one attached hydrogen (secondary N) is 2. The molecule has 2 saturated carbocycles. The van der Waals surface area contributed by atoms with Crippen molar-refractivity contribution in [2.45, 2.75) is 51.5 Å². The van der Waals surface area contributed by atoms with Crippen molar-refractivity contribution >= 4 is 11.8 Å². The number of hydrogen-bond acceptors (Lipinski definition) is 4. The molecule has 0 aromatic carbocycles. The number of aliphatic hydroxyl groups excluding tert-OH is 1. The molecule has 1 aromatic heterocycles. The SMILES string of the molecule is CC(C)(C)c1cc(NC(=O)NC2C3CCC(C3)C2CO)no1. The molecule has 0 radical (unpaired) electrons. The van der Waals surface area contributed by atoms with Gasteiger partial charge in [0.05, 0.1) is 0 Å². The number of rotatable bonds is 3. The van der Waals surface area contributed by atoms with Crippen LogP contribution in [0, 0.1) is 17.8 Å². The lowest BCUT2D eigenvalue weighted by atomic mass is 9.85. The van der Waals surface area contributed by atoms with Crippen molar-refractivity contribution in [3.05, 3.63) is 11.8 Å². The monoisotopic (exact) mass is 307 g/mol. The second-order valence-electron chi connectivity index (χ2n) is 7.63. The summed E-state index contributed by atoms with van der Waals surface area (Å²) in [4.78, 5) is 12.2. The third-order valence-corrected chi connectivity index (χ3v) is 5.09. The number of carbonyl (C=O) groups excluding carboxylic acids is 1. The summed E-state index contributed by atoms with van der Waals surface area (Å²) in [5, 5.41) is 19.2. The largest absolute Gasteiger partial charge is 0.396 e. The molecule has 3 N–H and O–H groups in total. The van der Waals surface area contributed by atoms with Crippen LogP contribution in [0.2, 0.25) is 0 Å². The average Bonchev–Trinajstić information content (AvgIpc) is 3.12. The van der Waals surface area contributed by atoms with E-state index in [0.717, 1.165) is 18.6 Å². The van der Waals surface area contributed by atoms with Crippen molar-refractivity contribution < 1.29 is 14.4 Å². The lowest BCUT2D eigenvalue weighted by Gasteiger charge is -2.30. The summed E-state index contributed by atoms with van der Waals surface area (Å²) in [6.07, 6.45) is 3.44. The molecular formula is C16H25N3O3. The molecule has 2 bridgehead atoms. The van der Waals surface area contributed by atoms with Crippen molar-refractivity contribution in [1.82, 2.24) is 10.5 Å². The van der Waals surface area contributed by atoms with Gasteiger partial charge in [-0.05, 0) is 31.1 Å². The number of anilines is 1. The summed E-state index contributed by atoms with van der Waals surface area (Å²) in [6, 6.07) is 1.55. The quantitative estimate of drug-likeness (QED) is 0.800. The van der Waals surface area contributed by atoms with Crippen LogP contribution in [0.4, 0.5) is 10.6 Å². The second kappa shape index (κ2) is 5.57. The molecule has 1 aromatic rings. The van der Waals surface area contributed by atoms with Crippen molar-refractivity contribution in [3.63, 3.8) is 0 Å². The summed E-state index contributed by atoms with van der Waals surface area (Å²) in [6.45, 7) is 6.22. The van der Waals surface area contributed by atoms with Crippen LogP contribution in [0.3, 0.4) is 0 Å². The van der Waals surface area contributed by atoms with Crippen LogP contribution in [-0.4, -0.2) is 28.9 Å². The van der Waals surface area contributed by atoms with Crippen LogP contribution in [0.15, 0.2) is 10.6 Å². The summed E-state index contributed by atoms with van der Waals surface area (Å²) < 4.78 is 5.26. The molecule has 6 nitrogen and oxygen atoms in total. The van der Waals surface area contributed by atoms with Crippen molar-refractivity contribution in [1.29, 1.82) is 0 Å². The Kier molecular flexibility index (Phi) is 3.89. The highest BCUT2D eigenvalue weighted by molar-refractivity contribution is 5.88. The van der Waals surface area contributed by atoms with Gasteiger partial charge in [-0.2, -0.15) is 0 Å². The fourth-order valence-electron chi connectivity index (χ4n) is 3.89. The van der Waals surface area contributed by atoms with Gasteiger partial charge in [-0.15, -0.1) is 0 Å². The molecule has 1 heterocycles. The minimum Gasteiger partial charge on any atom is -0.396 e. The summed E-state index contributed by atoms with van der Waals surface area (Å²) >= 11 is 0. The third kappa shape index (κ3) is 2.84. The first-order chi connectivity index (χ1) is 10.4. The Balaban J connectivity index is 1.60. The smallest absolute Gasteiger partial charge is 0.320 e. The standard InChI is InChI=1S/C16H25N3O3/c1-16(2,3)12-7-13(19-22-12)17-15(21)18-14-10-5-4-9(6-10)11(14)8-20/h7,9-11,14,20H,4-6,8H2,1-3H3,(H2,17,18,19,21). The predicted molar refractivity (Wildman–Crippen MR) is 82.6 cm³/mol. The highest BCUT2D eigenvalue weighted by Gasteiger charge is 2.47. The van der Waals surface area contributed by atoms with E-state index in [1.165, 1.54) is 6.42 Å². The van der Waals surface area contributed by atoms with Gasteiger partial charge in [0.25, 0.3) is 0 Å². The lowest BCUT2D eigenvalue weighted by Crippen LogP contribution is -2.46. The molecule has 0 saturated heterocycles. The van der Waals surface area contributed by atoms with E-state index in [9.17, 15) is 9.90 Å². The summed E-state index contributed by atoms with van der Waals surface area (Å²) in [5.74, 6) is 2.39. The minimum atomic E-state index is -0.273. The number of hydrogen-bond donors (Lipinski definition) is 3. The Hall–Kier alpha value is -1.56. The topological polar surface area (TPSA) is 87.4 Å². The Labute approximate surface area is 130 Å². The van der Waals surface area contributed by atoms with Gasteiger partial charge < -0.3 is 14.9 Å². The number of carbonyl (C=O) groups is 1. The van der Waals surface area contributed by atoms with Gasteiger partial charge in [0.15, 0.2) is 5.82 Å². The number of fused-ring (bicyclic) bond motifs is 2. The maximum Gasteiger partial charge on any atom is 0.320 e. The number of aliphatic hydroxyl groups is 1.